The summed E-state index contributed by atoms with van der Waals surface area (Å²) >= 11 is 0. The lowest BCUT2D eigenvalue weighted by molar-refractivity contribution is -0.114. The molecule has 1 fully saturated rings. The highest BCUT2D eigenvalue weighted by Crippen LogP contribution is 2.29. The number of ether oxygens (including phenoxy) is 2. The number of carbonyl (C=O) groups is 1. The first-order valence-corrected chi connectivity index (χ1v) is 12.2. The third-order valence-electron chi connectivity index (χ3n) is 5.59. The van der Waals surface area contributed by atoms with Gasteiger partial charge in [0.1, 0.15) is 11.5 Å². The number of sulfonamides is 1. The van der Waals surface area contributed by atoms with Gasteiger partial charge in [0.05, 0.1) is 24.8 Å². The number of amides is 1. The minimum Gasteiger partial charge on any atom is -1.00 e. The van der Waals surface area contributed by atoms with Crippen LogP contribution in [0.2, 0.25) is 0 Å². The Morgan fingerprint density at radius 1 is 1.03 bits per heavy atom. The van der Waals surface area contributed by atoms with Crippen molar-refractivity contribution >= 4 is 21.6 Å². The van der Waals surface area contributed by atoms with E-state index < -0.39 is 10.0 Å². The zero-order valence-corrected chi connectivity index (χ0v) is 20.7. The molecule has 33 heavy (non-hydrogen) atoms. The van der Waals surface area contributed by atoms with E-state index in [9.17, 15) is 13.2 Å². The van der Waals surface area contributed by atoms with Gasteiger partial charge in [-0.3, -0.25) is 9.69 Å². The predicted octanol–water partition coefficient (Wildman–Crippen LogP) is 0.172. The van der Waals surface area contributed by atoms with E-state index >= 15 is 0 Å². The Morgan fingerprint density at radius 2 is 1.70 bits per heavy atom. The monoisotopic (exact) mass is 496 g/mol. The lowest BCUT2D eigenvalue weighted by Gasteiger charge is -2.35. The van der Waals surface area contributed by atoms with Crippen LogP contribution in [0.1, 0.15) is 37.8 Å². The van der Waals surface area contributed by atoms with Crippen LogP contribution in [0, 0.1) is 0 Å². The van der Waals surface area contributed by atoms with Crippen LogP contribution < -0.4 is 31.9 Å². The van der Waals surface area contributed by atoms with Gasteiger partial charge in [0.2, 0.25) is 15.9 Å². The second-order valence-corrected chi connectivity index (χ2v) is 9.55. The van der Waals surface area contributed by atoms with Gasteiger partial charge >= 0.3 is 0 Å². The van der Waals surface area contributed by atoms with Crippen LogP contribution in [0.5, 0.6) is 11.5 Å². The summed E-state index contributed by atoms with van der Waals surface area (Å²) in [6.07, 6.45) is 3.39. The van der Waals surface area contributed by atoms with Gasteiger partial charge in [-0.1, -0.05) is 18.6 Å². The summed E-state index contributed by atoms with van der Waals surface area (Å²) in [5.74, 6) is 0.782. The van der Waals surface area contributed by atoms with Crippen molar-refractivity contribution in [1.29, 1.82) is 0 Å². The third-order valence-corrected chi connectivity index (χ3v) is 7.01. The quantitative estimate of drug-likeness (QED) is 0.514. The summed E-state index contributed by atoms with van der Waals surface area (Å²) in [4.78, 5) is 13.8. The second kappa shape index (κ2) is 12.2. The fourth-order valence-electron chi connectivity index (χ4n) is 3.92. The molecule has 1 aliphatic heterocycles. The number of nitrogens with one attached hydrogen (secondary N) is 2. The van der Waals surface area contributed by atoms with Gasteiger partial charge in [0, 0.05) is 25.6 Å². The molecule has 2 aromatic carbocycles. The van der Waals surface area contributed by atoms with Crippen LogP contribution in [0.15, 0.2) is 47.4 Å². The van der Waals surface area contributed by atoms with E-state index in [1.807, 2.05) is 24.3 Å². The highest BCUT2D eigenvalue weighted by atomic mass is 35.5. The highest BCUT2D eigenvalue weighted by Gasteiger charge is 2.25. The van der Waals surface area contributed by atoms with Crippen LogP contribution in [-0.4, -0.2) is 53.1 Å². The van der Waals surface area contributed by atoms with Crippen molar-refractivity contribution in [2.24, 2.45) is 0 Å². The summed E-state index contributed by atoms with van der Waals surface area (Å²) in [7, 11) is -0.734. The Labute approximate surface area is 202 Å². The van der Waals surface area contributed by atoms with E-state index in [4.69, 9.17) is 9.47 Å². The number of hydrogen-bond acceptors (Lipinski definition) is 6. The van der Waals surface area contributed by atoms with Gasteiger partial charge in [-0.25, -0.2) is 13.1 Å². The van der Waals surface area contributed by atoms with Crippen molar-refractivity contribution < 1.29 is 35.1 Å². The second-order valence-electron chi connectivity index (χ2n) is 7.78. The summed E-state index contributed by atoms with van der Waals surface area (Å²) in [5.41, 5.74) is 1.46. The Balaban J connectivity index is 0.00000385. The summed E-state index contributed by atoms with van der Waals surface area (Å²) < 4.78 is 39.4. The van der Waals surface area contributed by atoms with Crippen LogP contribution in [0.3, 0.4) is 0 Å². The number of anilines is 1. The Hall–Kier alpha value is -2.33. The fourth-order valence-corrected chi connectivity index (χ4v) is 4.97. The van der Waals surface area contributed by atoms with Crippen LogP contribution in [0.4, 0.5) is 5.69 Å². The molecule has 3 rings (SSSR count). The zero-order chi connectivity index (χ0) is 23.1. The van der Waals surface area contributed by atoms with Gasteiger partial charge in [-0.2, -0.15) is 0 Å². The van der Waals surface area contributed by atoms with E-state index in [-0.39, 0.29) is 41.5 Å². The maximum atomic E-state index is 13.1. The van der Waals surface area contributed by atoms with Crippen LogP contribution in [-0.2, 0) is 14.8 Å². The number of benzene rings is 2. The van der Waals surface area contributed by atoms with E-state index in [1.54, 1.807) is 7.11 Å². The van der Waals surface area contributed by atoms with E-state index in [2.05, 4.69) is 14.9 Å². The standard InChI is InChI=1S/C23H31N3O5S.ClH/c1-17(27)25-21-12-11-20(15-23(21)31-3)32(28,29)24-16-22(26-13-5-4-6-14-26)18-7-9-19(30-2)10-8-18;/h7-12,15,22,24H,4-6,13-14,16H2,1-3H3,(H,25,27);1H/p-1. The van der Waals surface area contributed by atoms with Crippen molar-refractivity contribution in [2.75, 3.05) is 39.2 Å². The first-order valence-electron chi connectivity index (χ1n) is 10.7. The number of hydrogen-bond donors (Lipinski definition) is 2. The lowest BCUT2D eigenvalue weighted by atomic mass is 10.0. The number of rotatable bonds is 9. The largest absolute Gasteiger partial charge is 1.00 e. The lowest BCUT2D eigenvalue weighted by Crippen LogP contribution is -3.00. The number of methoxy groups -OCH3 is 2. The third kappa shape index (κ3) is 7.07. The molecule has 0 radical (unpaired) electrons. The molecule has 2 aromatic rings. The van der Waals surface area contributed by atoms with Gasteiger partial charge in [0.15, 0.2) is 0 Å². The predicted molar refractivity (Wildman–Crippen MR) is 124 cm³/mol. The first-order chi connectivity index (χ1) is 15.3. The molecule has 2 N–H and O–H groups in total. The normalized spacial score (nSPS) is 15.2. The van der Waals surface area contributed by atoms with Crippen molar-refractivity contribution in [1.82, 2.24) is 9.62 Å². The van der Waals surface area contributed by atoms with Crippen LogP contribution >= 0.6 is 0 Å². The van der Waals surface area contributed by atoms with Crippen LogP contribution in [0.25, 0.3) is 0 Å². The molecule has 1 amide bonds. The molecule has 1 unspecified atom stereocenters. The minimum atomic E-state index is -3.79. The number of nitrogens with zero attached hydrogens (tertiary/aromatic N) is 1. The molecular formula is C23H31ClN3O5S-. The molecule has 0 aliphatic carbocycles. The molecule has 0 aromatic heterocycles. The van der Waals surface area contributed by atoms with Crippen molar-refractivity contribution in [3.63, 3.8) is 0 Å². The van der Waals surface area contributed by atoms with Crippen molar-refractivity contribution in [2.45, 2.75) is 37.1 Å². The number of likely N-dealkylation sites (tertiary alicyclic amines) is 1. The van der Waals surface area contributed by atoms with Gasteiger partial charge < -0.3 is 27.2 Å². The van der Waals surface area contributed by atoms with E-state index in [1.165, 1.54) is 38.7 Å². The van der Waals surface area contributed by atoms with Crippen molar-refractivity contribution in [3.8, 4) is 11.5 Å². The van der Waals surface area contributed by atoms with E-state index in [0.717, 1.165) is 37.2 Å². The van der Waals surface area contributed by atoms with Crippen molar-refractivity contribution in [3.05, 3.63) is 48.0 Å². The topological polar surface area (TPSA) is 97.0 Å². The maximum absolute atomic E-state index is 13.1. The first kappa shape index (κ1) is 26.9. The molecule has 1 heterocycles. The molecule has 8 nitrogen and oxygen atoms in total. The molecule has 0 spiro atoms. The average molecular weight is 497 g/mol. The van der Waals surface area contributed by atoms with Gasteiger partial charge in [0.25, 0.3) is 0 Å². The average Bonchev–Trinajstić information content (AvgIpc) is 2.80. The minimum absolute atomic E-state index is 0. The fraction of sp³-hybridized carbons (Fsp3) is 0.435. The SMILES string of the molecule is COc1ccc(C(CNS(=O)(=O)c2ccc(NC(C)=O)c(OC)c2)N2CCCCC2)cc1.[Cl-]. The summed E-state index contributed by atoms with van der Waals surface area (Å²) in [6.45, 7) is 3.48. The summed E-state index contributed by atoms with van der Waals surface area (Å²) in [6, 6.07) is 12.1. The maximum Gasteiger partial charge on any atom is 0.240 e. The highest BCUT2D eigenvalue weighted by molar-refractivity contribution is 7.89. The molecular weight excluding hydrogens is 466 g/mol. The van der Waals surface area contributed by atoms with E-state index in [0.29, 0.717) is 5.69 Å². The summed E-state index contributed by atoms with van der Waals surface area (Å²) in [5, 5.41) is 2.63. The molecule has 10 heteroatoms. The number of halogens is 1. The molecule has 0 bridgehead atoms. The van der Waals surface area contributed by atoms with Gasteiger partial charge in [-0.05, 0) is 55.8 Å². The number of piperidine rings is 1. The molecule has 1 aliphatic rings. The Kier molecular flexibility index (Phi) is 9.97. The molecule has 1 saturated heterocycles. The smallest absolute Gasteiger partial charge is 0.240 e. The molecule has 182 valence electrons. The molecule has 0 saturated carbocycles. The zero-order valence-electron chi connectivity index (χ0n) is 19.1. The van der Waals surface area contributed by atoms with Gasteiger partial charge in [-0.15, -0.1) is 0 Å². The molecule has 1 atom stereocenters. The Bertz CT molecular complexity index is 1020. The Morgan fingerprint density at radius 3 is 2.27 bits per heavy atom. The number of carbonyl (C=O) groups excluding carboxylic acids is 1.